The maximum Gasteiger partial charge on any atom is 0.221 e. The van der Waals surface area contributed by atoms with E-state index in [9.17, 15) is 9.59 Å². The number of nitrogens with two attached hydrogens (primary N) is 2. The molecule has 0 aliphatic carbocycles. The van der Waals surface area contributed by atoms with Crippen LogP contribution < -0.4 is 16.8 Å². The molecule has 6 heteroatoms. The molecule has 0 aliphatic rings. The zero-order chi connectivity index (χ0) is 13.8. The lowest BCUT2D eigenvalue weighted by atomic mass is 10.2. The smallest absolute Gasteiger partial charge is 0.221 e. The molecule has 5 N–H and O–H groups in total. The largest absolute Gasteiger partial charge is 0.370 e. The van der Waals surface area contributed by atoms with Gasteiger partial charge in [-0.05, 0) is 13.0 Å². The van der Waals surface area contributed by atoms with Crippen molar-refractivity contribution in [1.82, 2.24) is 10.2 Å². The molecule has 0 aliphatic heterocycles. The average Bonchev–Trinajstić information content (AvgIpc) is 2.35. The van der Waals surface area contributed by atoms with Gasteiger partial charge in [0.15, 0.2) is 0 Å². The van der Waals surface area contributed by atoms with Gasteiger partial charge in [0.25, 0.3) is 0 Å². The maximum atomic E-state index is 11.4. The van der Waals surface area contributed by atoms with E-state index < -0.39 is 0 Å². The van der Waals surface area contributed by atoms with Crippen LogP contribution in [0.15, 0.2) is 0 Å². The van der Waals surface area contributed by atoms with E-state index in [-0.39, 0.29) is 11.8 Å². The summed E-state index contributed by atoms with van der Waals surface area (Å²) in [6, 6.07) is 0. The summed E-state index contributed by atoms with van der Waals surface area (Å²) in [6.45, 7) is 5.25. The van der Waals surface area contributed by atoms with Crippen molar-refractivity contribution in [1.29, 1.82) is 0 Å². The van der Waals surface area contributed by atoms with Crippen molar-refractivity contribution in [2.45, 2.75) is 32.6 Å². The first-order valence-corrected chi connectivity index (χ1v) is 6.57. The summed E-state index contributed by atoms with van der Waals surface area (Å²) in [5, 5.41) is 2.73. The van der Waals surface area contributed by atoms with Crippen molar-refractivity contribution >= 4 is 11.8 Å². The van der Waals surface area contributed by atoms with E-state index in [0.717, 1.165) is 19.4 Å². The van der Waals surface area contributed by atoms with Crippen molar-refractivity contribution < 1.29 is 9.59 Å². The second kappa shape index (κ2) is 11.0. The Morgan fingerprint density at radius 3 is 2.39 bits per heavy atom. The van der Waals surface area contributed by atoms with Gasteiger partial charge < -0.3 is 21.7 Å². The zero-order valence-corrected chi connectivity index (χ0v) is 11.3. The summed E-state index contributed by atoms with van der Waals surface area (Å²) < 4.78 is 0. The minimum Gasteiger partial charge on any atom is -0.370 e. The summed E-state index contributed by atoms with van der Waals surface area (Å²) in [5.41, 5.74) is 10.4. The highest BCUT2D eigenvalue weighted by molar-refractivity contribution is 5.76. The molecule has 0 saturated carbocycles. The predicted molar refractivity (Wildman–Crippen MR) is 71.8 cm³/mol. The van der Waals surface area contributed by atoms with Crippen LogP contribution in [0.4, 0.5) is 0 Å². The Morgan fingerprint density at radius 2 is 1.83 bits per heavy atom. The first kappa shape index (κ1) is 16.9. The molecule has 0 heterocycles. The fourth-order valence-corrected chi connectivity index (χ4v) is 1.55. The Hall–Kier alpha value is -1.14. The Kier molecular flexibility index (Phi) is 10.3. The quantitative estimate of drug-likeness (QED) is 0.462. The van der Waals surface area contributed by atoms with Crippen LogP contribution in [0, 0.1) is 0 Å². The molecule has 0 fully saturated rings. The second-order valence-corrected chi connectivity index (χ2v) is 4.30. The van der Waals surface area contributed by atoms with Gasteiger partial charge in [0.1, 0.15) is 0 Å². The molecule has 2 amide bonds. The number of nitrogens with zero attached hydrogens (tertiary/aromatic N) is 1. The van der Waals surface area contributed by atoms with Crippen LogP contribution >= 0.6 is 0 Å². The van der Waals surface area contributed by atoms with Crippen LogP contribution in [0.2, 0.25) is 0 Å². The Balaban J connectivity index is 3.90. The van der Waals surface area contributed by atoms with Gasteiger partial charge >= 0.3 is 0 Å². The van der Waals surface area contributed by atoms with Gasteiger partial charge in [0, 0.05) is 39.0 Å². The molecule has 0 unspecified atom stereocenters. The molecule has 0 aromatic carbocycles. The standard InChI is InChI=1S/C12H26N4O2/c1-2-3-8-16(9-4-11(14)17)10-5-12(18)15-7-6-13/h2-10,13H2,1H3,(H2,14,17)(H,15,18). The van der Waals surface area contributed by atoms with Crippen molar-refractivity contribution in [3.8, 4) is 0 Å². The summed E-state index contributed by atoms with van der Waals surface area (Å²) in [5.74, 6) is -0.301. The molecule has 0 rings (SSSR count). The number of unbranched alkanes of at least 4 members (excludes halogenated alkanes) is 1. The van der Waals surface area contributed by atoms with Gasteiger partial charge in [0.2, 0.25) is 11.8 Å². The van der Waals surface area contributed by atoms with E-state index >= 15 is 0 Å². The third-order valence-corrected chi connectivity index (χ3v) is 2.62. The number of carbonyl (C=O) groups is 2. The number of carbonyl (C=O) groups excluding carboxylic acids is 2. The fourth-order valence-electron chi connectivity index (χ4n) is 1.55. The predicted octanol–water partition coefficient (Wildman–Crippen LogP) is -0.571. The van der Waals surface area contributed by atoms with Crippen LogP contribution in [0.25, 0.3) is 0 Å². The SMILES string of the molecule is CCCCN(CCC(N)=O)CCC(=O)NCCN. The molecule has 106 valence electrons. The first-order chi connectivity index (χ1) is 8.60. The van der Waals surface area contributed by atoms with Crippen LogP contribution in [-0.4, -0.2) is 49.4 Å². The monoisotopic (exact) mass is 258 g/mol. The fraction of sp³-hybridized carbons (Fsp3) is 0.833. The first-order valence-electron chi connectivity index (χ1n) is 6.57. The van der Waals surface area contributed by atoms with Gasteiger partial charge in [-0.3, -0.25) is 9.59 Å². The van der Waals surface area contributed by atoms with Crippen LogP contribution in [0.1, 0.15) is 32.6 Å². The van der Waals surface area contributed by atoms with Crippen molar-refractivity contribution in [3.05, 3.63) is 0 Å². The number of primary amides is 1. The lowest BCUT2D eigenvalue weighted by Gasteiger charge is -2.21. The highest BCUT2D eigenvalue weighted by Gasteiger charge is 2.08. The molecular formula is C12H26N4O2. The van der Waals surface area contributed by atoms with Gasteiger partial charge in [-0.25, -0.2) is 0 Å². The number of nitrogens with one attached hydrogen (secondary N) is 1. The van der Waals surface area contributed by atoms with E-state index in [4.69, 9.17) is 11.5 Å². The maximum absolute atomic E-state index is 11.4. The Labute approximate surface area is 109 Å². The molecule has 0 aromatic rings. The minimum atomic E-state index is -0.302. The molecule has 0 aromatic heterocycles. The Bertz CT molecular complexity index is 246. The van der Waals surface area contributed by atoms with Crippen LogP contribution in [-0.2, 0) is 9.59 Å². The van der Waals surface area contributed by atoms with Gasteiger partial charge in [-0.15, -0.1) is 0 Å². The van der Waals surface area contributed by atoms with E-state index in [1.165, 1.54) is 0 Å². The average molecular weight is 258 g/mol. The molecular weight excluding hydrogens is 232 g/mol. The normalized spacial score (nSPS) is 10.6. The number of amides is 2. The lowest BCUT2D eigenvalue weighted by Crippen LogP contribution is -2.35. The highest BCUT2D eigenvalue weighted by atomic mass is 16.1. The third-order valence-electron chi connectivity index (χ3n) is 2.62. The van der Waals surface area contributed by atoms with Crippen LogP contribution in [0.3, 0.4) is 0 Å². The summed E-state index contributed by atoms with van der Waals surface area (Å²) in [7, 11) is 0. The molecule has 0 saturated heterocycles. The van der Waals surface area contributed by atoms with Gasteiger partial charge in [-0.2, -0.15) is 0 Å². The summed E-state index contributed by atoms with van der Waals surface area (Å²) in [4.78, 5) is 24.3. The van der Waals surface area contributed by atoms with Crippen LogP contribution in [0.5, 0.6) is 0 Å². The Morgan fingerprint density at radius 1 is 1.17 bits per heavy atom. The van der Waals surface area contributed by atoms with Crippen molar-refractivity contribution in [2.24, 2.45) is 11.5 Å². The van der Waals surface area contributed by atoms with Crippen molar-refractivity contribution in [2.75, 3.05) is 32.7 Å². The lowest BCUT2D eigenvalue weighted by molar-refractivity contribution is -0.121. The number of rotatable bonds is 11. The minimum absolute atomic E-state index is 0.000948. The number of hydrogen-bond donors (Lipinski definition) is 3. The summed E-state index contributed by atoms with van der Waals surface area (Å²) >= 11 is 0. The van der Waals surface area contributed by atoms with Gasteiger partial charge in [-0.1, -0.05) is 13.3 Å². The van der Waals surface area contributed by atoms with E-state index in [0.29, 0.717) is 39.0 Å². The second-order valence-electron chi connectivity index (χ2n) is 4.30. The highest BCUT2D eigenvalue weighted by Crippen LogP contribution is 1.98. The molecule has 6 nitrogen and oxygen atoms in total. The van der Waals surface area contributed by atoms with E-state index in [1.54, 1.807) is 0 Å². The molecule has 0 spiro atoms. The zero-order valence-electron chi connectivity index (χ0n) is 11.3. The molecule has 18 heavy (non-hydrogen) atoms. The third kappa shape index (κ3) is 10.0. The van der Waals surface area contributed by atoms with E-state index in [2.05, 4.69) is 17.1 Å². The molecule has 0 radical (unpaired) electrons. The number of hydrogen-bond acceptors (Lipinski definition) is 4. The van der Waals surface area contributed by atoms with Gasteiger partial charge in [0.05, 0.1) is 0 Å². The summed E-state index contributed by atoms with van der Waals surface area (Å²) in [6.07, 6.45) is 2.92. The topological polar surface area (TPSA) is 101 Å². The molecule has 0 bridgehead atoms. The molecule has 0 atom stereocenters. The van der Waals surface area contributed by atoms with E-state index in [1.807, 2.05) is 0 Å². The van der Waals surface area contributed by atoms with Crippen molar-refractivity contribution in [3.63, 3.8) is 0 Å².